The molecule has 7 heteroatoms. The molecule has 1 radical (unpaired) electrons. The van der Waals surface area contributed by atoms with Gasteiger partial charge >= 0.3 is 0 Å². The molecule has 0 amide bonds. The molecule has 2 rings (SSSR count). The second-order valence-corrected chi connectivity index (χ2v) is 5.95. The Morgan fingerprint density at radius 1 is 1.29 bits per heavy atom. The van der Waals surface area contributed by atoms with Crippen molar-refractivity contribution in [2.75, 3.05) is 12.8 Å². The molecule has 0 aromatic heterocycles. The summed E-state index contributed by atoms with van der Waals surface area (Å²) in [5, 5.41) is 3.36. The predicted molar refractivity (Wildman–Crippen MR) is 68.3 cm³/mol. The Labute approximate surface area is 118 Å². The first-order valence-electron chi connectivity index (χ1n) is 5.60. The van der Waals surface area contributed by atoms with E-state index in [4.69, 9.17) is 0 Å². The Kier molecular flexibility index (Phi) is 10.1. The third kappa shape index (κ3) is 4.03. The van der Waals surface area contributed by atoms with Crippen molar-refractivity contribution in [1.29, 1.82) is 0 Å². The molecule has 0 aromatic rings. The van der Waals surface area contributed by atoms with Crippen molar-refractivity contribution < 1.29 is 28.2 Å². The van der Waals surface area contributed by atoms with E-state index in [1.165, 1.54) is 25.7 Å². The molecule has 103 valence electrons. The van der Waals surface area contributed by atoms with E-state index in [1.54, 1.807) is 0 Å². The summed E-state index contributed by atoms with van der Waals surface area (Å²) in [5.74, 6) is 0.775. The van der Waals surface area contributed by atoms with Gasteiger partial charge in [0.05, 0.1) is 11.0 Å². The number of fused-ring (bicyclic) bond motifs is 2. The number of hydrogen-bond acceptors (Lipinski definition) is 2. The summed E-state index contributed by atoms with van der Waals surface area (Å²) in [6.07, 6.45) is 4.85. The van der Waals surface area contributed by atoms with Crippen molar-refractivity contribution in [3.8, 4) is 0 Å². The average Bonchev–Trinajstić information content (AvgIpc) is 2.48. The summed E-state index contributed by atoms with van der Waals surface area (Å²) in [7, 11) is 1.32. The maximum absolute atomic E-state index is 11.8. The van der Waals surface area contributed by atoms with E-state index >= 15 is 0 Å². The molecule has 2 unspecified atom stereocenters. The molecule has 4 atom stereocenters. The maximum Gasteiger partial charge on any atom is 0.0944 e. The van der Waals surface area contributed by atoms with Gasteiger partial charge in [-0.1, -0.05) is 6.92 Å². The van der Waals surface area contributed by atoms with Crippen LogP contribution >= 0.6 is 0 Å². The first-order chi connectivity index (χ1) is 6.76. The predicted octanol–water partition coefficient (Wildman–Crippen LogP) is 0.775. The normalized spacial score (nSPS) is 32.9. The zero-order valence-corrected chi connectivity index (χ0v) is 12.8. The summed E-state index contributed by atoms with van der Waals surface area (Å²) < 4.78 is 14.1. The third-order valence-electron chi connectivity index (χ3n) is 3.56. The molecule has 5 N–H and O–H groups in total. The Bertz CT molecular complexity index is 232. The van der Waals surface area contributed by atoms with Gasteiger partial charge in [-0.2, -0.15) is 0 Å². The van der Waals surface area contributed by atoms with E-state index in [2.05, 4.69) is 9.62 Å². The van der Waals surface area contributed by atoms with Crippen molar-refractivity contribution in [2.24, 2.45) is 0 Å². The molecule has 2 fully saturated rings. The van der Waals surface area contributed by atoms with E-state index in [-0.39, 0.29) is 30.2 Å². The van der Waals surface area contributed by atoms with Crippen molar-refractivity contribution in [1.82, 2.24) is 9.62 Å². The summed E-state index contributed by atoms with van der Waals surface area (Å²) in [4.78, 5) is 0. The second-order valence-electron chi connectivity index (χ2n) is 4.31. The zero-order valence-electron chi connectivity index (χ0n) is 10.6. The maximum atomic E-state index is 11.8. The van der Waals surface area contributed by atoms with E-state index in [0.717, 1.165) is 5.75 Å². The molecule has 0 aliphatic carbocycles. The van der Waals surface area contributed by atoms with Gasteiger partial charge in [-0.15, -0.1) is 0 Å². The molecule has 2 saturated heterocycles. The van der Waals surface area contributed by atoms with Crippen LogP contribution in [0.25, 0.3) is 6.15 Å². The molecule has 0 saturated carbocycles. The Morgan fingerprint density at radius 3 is 2.12 bits per heavy atom. The zero-order chi connectivity index (χ0) is 10.1. The number of nitrogens with one attached hydrogen (secondary N) is 1. The van der Waals surface area contributed by atoms with Gasteiger partial charge in [0.2, 0.25) is 0 Å². The van der Waals surface area contributed by atoms with Gasteiger partial charge in [0, 0.05) is 42.4 Å². The number of rotatable bonds is 3. The van der Waals surface area contributed by atoms with Crippen LogP contribution in [0.2, 0.25) is 0 Å². The van der Waals surface area contributed by atoms with E-state index in [0.29, 0.717) is 18.1 Å². The topological polar surface area (TPSA) is 97.3 Å². The van der Waals surface area contributed by atoms with Crippen LogP contribution in [0.3, 0.4) is 0 Å². The molecule has 0 aromatic carbocycles. The van der Waals surface area contributed by atoms with Crippen LogP contribution in [-0.4, -0.2) is 44.9 Å². The van der Waals surface area contributed by atoms with Gasteiger partial charge in [-0.25, -0.2) is 8.51 Å². The fraction of sp³-hybridized carbons (Fsp3) is 1.00. The van der Waals surface area contributed by atoms with Gasteiger partial charge in [-0.3, -0.25) is 0 Å². The van der Waals surface area contributed by atoms with Crippen LogP contribution in [-0.2, 0) is 29.5 Å². The quantitative estimate of drug-likeness (QED) is 0.833. The third-order valence-corrected chi connectivity index (χ3v) is 5.12. The van der Waals surface area contributed by atoms with Crippen LogP contribution in [0.4, 0.5) is 0 Å². The van der Waals surface area contributed by atoms with Crippen molar-refractivity contribution in [2.45, 2.75) is 50.7 Å². The Morgan fingerprint density at radius 2 is 1.76 bits per heavy atom. The van der Waals surface area contributed by atoms with E-state index < -0.39 is 11.0 Å². The number of nitrogens with zero attached hydrogens (tertiary/aromatic N) is 1. The van der Waals surface area contributed by atoms with Crippen LogP contribution in [0, 0.1) is 0 Å². The van der Waals surface area contributed by atoms with Gasteiger partial charge in [0.25, 0.3) is 0 Å². The molecule has 17 heavy (non-hydrogen) atoms. The fourth-order valence-corrected chi connectivity index (χ4v) is 4.20. The first kappa shape index (κ1) is 19.9. The van der Waals surface area contributed by atoms with Gasteiger partial charge < -0.3 is 16.9 Å². The average molecular weight is 301 g/mol. The summed E-state index contributed by atoms with van der Waals surface area (Å²) in [5.41, 5.74) is 0. The summed E-state index contributed by atoms with van der Waals surface area (Å²) >= 11 is 0. The molecule has 2 heterocycles. The van der Waals surface area contributed by atoms with Crippen molar-refractivity contribution in [3.63, 3.8) is 0 Å². The smallest absolute Gasteiger partial charge is 0.0944 e. The molecule has 5 nitrogen and oxygen atoms in total. The van der Waals surface area contributed by atoms with E-state index in [9.17, 15) is 4.21 Å². The van der Waals surface area contributed by atoms with Crippen LogP contribution in [0.5, 0.6) is 0 Å². The van der Waals surface area contributed by atoms with Crippen molar-refractivity contribution >= 4 is 11.0 Å². The molecule has 2 aliphatic rings. The second kappa shape index (κ2) is 8.64. The minimum atomic E-state index is -0.722. The molecule has 0 spiro atoms. The van der Waals surface area contributed by atoms with E-state index in [1.807, 2.05) is 14.0 Å². The number of hydrogen-bond donors (Lipinski definition) is 1. The SMILES string of the molecule is CCS(=O)N1[C@@H]2CC[C@H]1CC(NC)C2.O.[NH2-].[V]. The Balaban J connectivity index is 0. The van der Waals surface area contributed by atoms with Gasteiger partial charge in [-0.05, 0) is 32.7 Å². The van der Waals surface area contributed by atoms with Gasteiger partial charge in [0.1, 0.15) is 0 Å². The Hall–Kier alpha value is 0.574. The minimum Gasteiger partial charge on any atom is -0.693 e. The minimum absolute atomic E-state index is 0. The van der Waals surface area contributed by atoms with Crippen LogP contribution < -0.4 is 5.32 Å². The van der Waals surface area contributed by atoms with Crippen LogP contribution in [0.1, 0.15) is 32.6 Å². The molecular weight excluding hydrogens is 277 g/mol. The molecule has 2 aliphatic heterocycles. The fourth-order valence-electron chi connectivity index (χ4n) is 2.85. The van der Waals surface area contributed by atoms with Crippen molar-refractivity contribution in [3.05, 3.63) is 6.15 Å². The van der Waals surface area contributed by atoms with Crippen LogP contribution in [0.15, 0.2) is 0 Å². The first-order valence-corrected chi connectivity index (χ1v) is 6.88. The number of piperidine rings is 1. The standard InChI is InChI=1S/C10H20N2OS.H2N.H2O.V/c1-3-14(13)12-9-4-5-10(12)7-8(6-9)11-2;;;/h8-11H,3-7H2,1-2H3;2*1H2;/q;-1;;/t8?,9-,10+,14?;;;. The van der Waals surface area contributed by atoms with Gasteiger partial charge in [0.15, 0.2) is 0 Å². The number of nitrogens with two attached hydrogens (primary N) is 1. The monoisotopic (exact) mass is 301 g/mol. The molecular formula is C10H24N3O2SV-. The largest absolute Gasteiger partial charge is 0.693 e. The summed E-state index contributed by atoms with van der Waals surface area (Å²) in [6, 6.07) is 1.80. The molecule has 2 bridgehead atoms. The summed E-state index contributed by atoms with van der Waals surface area (Å²) in [6.45, 7) is 2.01.